The fraction of sp³-hybridized carbons (Fsp3) is 0.478. The number of amides is 1. The molecule has 1 unspecified atom stereocenters. The highest BCUT2D eigenvalue weighted by molar-refractivity contribution is 5.88. The molecule has 1 saturated heterocycles. The van der Waals surface area contributed by atoms with E-state index >= 15 is 0 Å². The standard InChI is InChI=1S/C23H27F3N8O/c1-2-14-15(9-34-12-31-18-19(27)29-11-30-20(18)34)17(6-5-16(14)23(24,25)26)33-8-7-22(28,10-33)21(35)32-13-3-4-13/h5-6,11-13H,2-4,7-10,28H2,1H3,(H,32,35)(H2,27,29,30). The molecule has 12 heteroatoms. The van der Waals surface area contributed by atoms with Crippen LogP contribution in [0, 0.1) is 0 Å². The third-order valence-electron chi connectivity index (χ3n) is 6.83. The lowest BCUT2D eigenvalue weighted by molar-refractivity contribution is -0.138. The Morgan fingerprint density at radius 1 is 1.23 bits per heavy atom. The monoisotopic (exact) mass is 488 g/mol. The molecule has 1 saturated carbocycles. The number of carbonyl (C=O) groups is 1. The van der Waals surface area contributed by atoms with Gasteiger partial charge in [0.2, 0.25) is 5.91 Å². The number of nitrogens with one attached hydrogen (secondary N) is 1. The van der Waals surface area contributed by atoms with E-state index in [1.807, 2.05) is 4.90 Å². The first-order valence-electron chi connectivity index (χ1n) is 11.6. The van der Waals surface area contributed by atoms with Crippen molar-refractivity contribution in [1.29, 1.82) is 0 Å². The highest BCUT2D eigenvalue weighted by Crippen LogP contribution is 2.39. The lowest BCUT2D eigenvalue weighted by Gasteiger charge is -2.28. The Bertz CT molecular complexity index is 1290. The molecule has 1 aliphatic heterocycles. The van der Waals surface area contributed by atoms with E-state index in [0.717, 1.165) is 18.9 Å². The van der Waals surface area contributed by atoms with Gasteiger partial charge in [-0.05, 0) is 48.9 Å². The molecule has 0 spiro atoms. The number of rotatable bonds is 6. The van der Waals surface area contributed by atoms with Crippen molar-refractivity contribution >= 4 is 28.6 Å². The van der Waals surface area contributed by atoms with Gasteiger partial charge in [0.05, 0.1) is 18.4 Å². The van der Waals surface area contributed by atoms with E-state index < -0.39 is 17.3 Å². The van der Waals surface area contributed by atoms with Gasteiger partial charge < -0.3 is 26.3 Å². The maximum absolute atomic E-state index is 13.9. The van der Waals surface area contributed by atoms with Crippen molar-refractivity contribution in [2.75, 3.05) is 23.7 Å². The number of anilines is 2. The molecule has 0 radical (unpaired) electrons. The lowest BCUT2D eigenvalue weighted by atomic mass is 9.95. The molecule has 35 heavy (non-hydrogen) atoms. The van der Waals surface area contributed by atoms with Crippen LogP contribution in [0.2, 0.25) is 0 Å². The van der Waals surface area contributed by atoms with Gasteiger partial charge in [-0.15, -0.1) is 0 Å². The summed E-state index contributed by atoms with van der Waals surface area (Å²) in [5.74, 6) is -0.0117. The maximum Gasteiger partial charge on any atom is 0.416 e. The minimum absolute atomic E-state index is 0.0950. The number of hydrogen-bond donors (Lipinski definition) is 3. The average molecular weight is 489 g/mol. The van der Waals surface area contributed by atoms with Crippen LogP contribution in [0.1, 0.15) is 42.9 Å². The zero-order valence-corrected chi connectivity index (χ0v) is 19.3. The van der Waals surface area contributed by atoms with Gasteiger partial charge >= 0.3 is 6.18 Å². The molecular weight excluding hydrogens is 461 g/mol. The first-order chi connectivity index (χ1) is 16.6. The van der Waals surface area contributed by atoms with Crippen molar-refractivity contribution in [2.24, 2.45) is 5.73 Å². The summed E-state index contributed by atoms with van der Waals surface area (Å²) in [5.41, 5.74) is 12.7. The van der Waals surface area contributed by atoms with E-state index in [2.05, 4.69) is 20.3 Å². The van der Waals surface area contributed by atoms with Crippen LogP contribution in [-0.4, -0.2) is 50.1 Å². The van der Waals surface area contributed by atoms with Crippen LogP contribution in [0.5, 0.6) is 0 Å². The molecule has 9 nitrogen and oxygen atoms in total. The van der Waals surface area contributed by atoms with Gasteiger partial charge in [-0.3, -0.25) is 4.79 Å². The van der Waals surface area contributed by atoms with Crippen molar-refractivity contribution in [3.8, 4) is 0 Å². The molecule has 5 N–H and O–H groups in total. The number of carbonyl (C=O) groups excluding carboxylic acids is 1. The fourth-order valence-corrected chi connectivity index (χ4v) is 4.79. The van der Waals surface area contributed by atoms with Crippen molar-refractivity contribution < 1.29 is 18.0 Å². The molecule has 5 rings (SSSR count). The van der Waals surface area contributed by atoms with Gasteiger partial charge in [0.25, 0.3) is 0 Å². The molecule has 1 amide bonds. The summed E-state index contributed by atoms with van der Waals surface area (Å²) < 4.78 is 43.4. The number of fused-ring (bicyclic) bond motifs is 1. The highest BCUT2D eigenvalue weighted by Gasteiger charge is 2.44. The number of nitrogens with two attached hydrogens (primary N) is 2. The second-order valence-electron chi connectivity index (χ2n) is 9.32. The third-order valence-corrected chi connectivity index (χ3v) is 6.83. The van der Waals surface area contributed by atoms with Crippen LogP contribution in [0.15, 0.2) is 24.8 Å². The number of alkyl halides is 3. The predicted molar refractivity (Wildman–Crippen MR) is 125 cm³/mol. The molecule has 1 aromatic carbocycles. The number of hydrogen-bond acceptors (Lipinski definition) is 7. The Labute approximate surface area is 199 Å². The number of halogens is 3. The molecular formula is C23H27F3N8O. The highest BCUT2D eigenvalue weighted by atomic mass is 19.4. The summed E-state index contributed by atoms with van der Waals surface area (Å²) >= 11 is 0. The third kappa shape index (κ3) is 4.26. The molecule has 3 aromatic rings. The fourth-order valence-electron chi connectivity index (χ4n) is 4.79. The first-order valence-corrected chi connectivity index (χ1v) is 11.6. The van der Waals surface area contributed by atoms with Crippen LogP contribution in [-0.2, 0) is 23.9 Å². The Morgan fingerprint density at radius 3 is 2.69 bits per heavy atom. The Balaban J connectivity index is 1.56. The number of benzene rings is 1. The molecule has 1 atom stereocenters. The Morgan fingerprint density at radius 2 is 2.00 bits per heavy atom. The summed E-state index contributed by atoms with van der Waals surface area (Å²) in [4.78, 5) is 27.1. The van der Waals surface area contributed by atoms with Crippen LogP contribution in [0.4, 0.5) is 24.7 Å². The second-order valence-corrected chi connectivity index (χ2v) is 9.32. The normalized spacial score (nSPS) is 20.5. The Kier molecular flexibility index (Phi) is 5.58. The van der Waals surface area contributed by atoms with Crippen LogP contribution < -0.4 is 21.7 Å². The van der Waals surface area contributed by atoms with E-state index in [4.69, 9.17) is 11.5 Å². The summed E-state index contributed by atoms with van der Waals surface area (Å²) in [7, 11) is 0. The molecule has 186 valence electrons. The summed E-state index contributed by atoms with van der Waals surface area (Å²) in [5, 5.41) is 2.96. The average Bonchev–Trinajstić information content (AvgIpc) is 3.38. The quantitative estimate of drug-likeness (QED) is 0.485. The summed E-state index contributed by atoms with van der Waals surface area (Å²) in [6.45, 7) is 2.46. The number of nitrogens with zero attached hydrogens (tertiary/aromatic N) is 5. The molecule has 1 aliphatic carbocycles. The zero-order chi connectivity index (χ0) is 25.0. The van der Waals surface area contributed by atoms with Crippen molar-refractivity contribution in [3.05, 3.63) is 41.5 Å². The minimum atomic E-state index is -4.50. The van der Waals surface area contributed by atoms with E-state index in [-0.39, 0.29) is 42.8 Å². The SMILES string of the molecule is CCc1c(C(F)(F)F)ccc(N2CCC(N)(C(=O)NC3CC3)C2)c1Cn1cnc2c(N)ncnc21. The number of imidazole rings is 1. The molecule has 3 heterocycles. The van der Waals surface area contributed by atoms with Gasteiger partial charge in [0, 0.05) is 24.8 Å². The number of aromatic nitrogens is 4. The van der Waals surface area contributed by atoms with E-state index in [1.54, 1.807) is 11.5 Å². The van der Waals surface area contributed by atoms with E-state index in [1.165, 1.54) is 18.7 Å². The minimum Gasteiger partial charge on any atom is -0.382 e. The van der Waals surface area contributed by atoms with Gasteiger partial charge in [-0.2, -0.15) is 13.2 Å². The van der Waals surface area contributed by atoms with E-state index in [9.17, 15) is 18.0 Å². The number of nitrogen functional groups attached to an aromatic ring is 1. The Hall–Kier alpha value is -3.41. The van der Waals surface area contributed by atoms with Gasteiger partial charge in [-0.1, -0.05) is 6.92 Å². The summed E-state index contributed by atoms with van der Waals surface area (Å²) in [6, 6.07) is 2.77. The topological polar surface area (TPSA) is 128 Å². The molecule has 0 bridgehead atoms. The van der Waals surface area contributed by atoms with Crippen LogP contribution in [0.25, 0.3) is 11.2 Å². The maximum atomic E-state index is 13.9. The smallest absolute Gasteiger partial charge is 0.382 e. The molecule has 2 fully saturated rings. The zero-order valence-electron chi connectivity index (χ0n) is 19.3. The van der Waals surface area contributed by atoms with Crippen molar-refractivity contribution in [1.82, 2.24) is 24.8 Å². The van der Waals surface area contributed by atoms with Gasteiger partial charge in [0.15, 0.2) is 11.5 Å². The predicted octanol–water partition coefficient (Wildman–Crippen LogP) is 2.22. The van der Waals surface area contributed by atoms with Crippen LogP contribution >= 0.6 is 0 Å². The first kappa shape index (κ1) is 23.3. The molecule has 2 aliphatic rings. The van der Waals surface area contributed by atoms with Crippen molar-refractivity contribution in [2.45, 2.75) is 56.9 Å². The lowest BCUT2D eigenvalue weighted by Crippen LogP contribution is -2.56. The second kappa shape index (κ2) is 8.36. The van der Waals surface area contributed by atoms with E-state index in [0.29, 0.717) is 35.4 Å². The van der Waals surface area contributed by atoms with Gasteiger partial charge in [0.1, 0.15) is 17.4 Å². The van der Waals surface area contributed by atoms with Crippen LogP contribution in [0.3, 0.4) is 0 Å². The van der Waals surface area contributed by atoms with Crippen molar-refractivity contribution in [3.63, 3.8) is 0 Å². The van der Waals surface area contributed by atoms with Gasteiger partial charge in [-0.25, -0.2) is 15.0 Å². The molecule has 2 aromatic heterocycles. The summed E-state index contributed by atoms with van der Waals surface area (Å²) in [6.07, 6.45) is 0.763. The largest absolute Gasteiger partial charge is 0.416 e.